The molecule has 0 spiro atoms. The predicted molar refractivity (Wildman–Crippen MR) is 71.2 cm³/mol. The highest BCUT2D eigenvalue weighted by molar-refractivity contribution is 5.92. The summed E-state index contributed by atoms with van der Waals surface area (Å²) in [7, 11) is 0. The van der Waals surface area contributed by atoms with E-state index >= 15 is 0 Å². The zero-order valence-corrected chi connectivity index (χ0v) is 11.6. The summed E-state index contributed by atoms with van der Waals surface area (Å²) in [6.45, 7) is 2.83. The molecule has 116 valence electrons. The number of nitrogens with one attached hydrogen (secondary N) is 1. The number of amides is 1. The van der Waals surface area contributed by atoms with Crippen LogP contribution in [-0.2, 0) is 4.79 Å². The number of anilines is 1. The van der Waals surface area contributed by atoms with Gasteiger partial charge >= 0.3 is 0 Å². The van der Waals surface area contributed by atoms with E-state index in [1.54, 1.807) is 6.92 Å². The van der Waals surface area contributed by atoms with Gasteiger partial charge in [-0.2, -0.15) is 0 Å². The highest BCUT2D eigenvalue weighted by Crippen LogP contribution is 2.22. The molecule has 0 atom stereocenters. The second-order valence-corrected chi connectivity index (χ2v) is 5.54. The number of likely N-dealkylation sites (tertiary alicyclic amines) is 1. The van der Waals surface area contributed by atoms with Gasteiger partial charge in [-0.15, -0.1) is 0 Å². The van der Waals surface area contributed by atoms with Gasteiger partial charge in [-0.05, 0) is 31.9 Å². The number of hydrogen-bond donors (Lipinski definition) is 2. The lowest BCUT2D eigenvalue weighted by Gasteiger charge is -2.35. The Balaban J connectivity index is 1.92. The van der Waals surface area contributed by atoms with Crippen LogP contribution in [0.25, 0.3) is 0 Å². The van der Waals surface area contributed by atoms with Crippen molar-refractivity contribution in [2.24, 2.45) is 0 Å². The monoisotopic (exact) mass is 302 g/mol. The second-order valence-electron chi connectivity index (χ2n) is 5.54. The summed E-state index contributed by atoms with van der Waals surface area (Å²) in [5.41, 5.74) is -1.11. The molecule has 1 saturated heterocycles. The molecule has 0 radical (unpaired) electrons. The zero-order chi connectivity index (χ0) is 15.6. The van der Waals surface area contributed by atoms with E-state index in [0.717, 1.165) is 12.1 Å². The lowest BCUT2D eigenvalue weighted by Crippen LogP contribution is -2.45. The first kappa shape index (κ1) is 15.8. The van der Waals surface area contributed by atoms with Gasteiger partial charge in [-0.1, -0.05) is 0 Å². The lowest BCUT2D eigenvalue weighted by molar-refractivity contribution is -0.118. The van der Waals surface area contributed by atoms with Crippen molar-refractivity contribution in [3.05, 3.63) is 29.6 Å². The van der Waals surface area contributed by atoms with Crippen LogP contribution in [-0.4, -0.2) is 41.1 Å². The molecule has 2 N–H and O–H groups in total. The molecule has 1 heterocycles. The smallest absolute Gasteiger partial charge is 0.238 e. The van der Waals surface area contributed by atoms with Crippen LogP contribution in [0.4, 0.5) is 18.9 Å². The van der Waals surface area contributed by atoms with Crippen molar-refractivity contribution in [2.75, 3.05) is 25.0 Å². The van der Waals surface area contributed by atoms with Gasteiger partial charge in [0.1, 0.15) is 0 Å². The molecular weight excluding hydrogens is 285 g/mol. The standard InChI is InChI=1S/C14H17F3N2O2/c1-14(21)4-6-19(7-5-14)8-11(20)18-10-3-2-9(15)12(16)13(10)17/h2-3,21H,4-8H2,1H3,(H,18,20). The van der Waals surface area contributed by atoms with Crippen LogP contribution >= 0.6 is 0 Å². The quantitative estimate of drug-likeness (QED) is 0.838. The number of nitrogens with zero attached hydrogens (tertiary/aromatic N) is 1. The third kappa shape index (κ3) is 3.95. The van der Waals surface area contributed by atoms with Crippen molar-refractivity contribution < 1.29 is 23.1 Å². The Bertz CT molecular complexity index is 539. The number of aliphatic hydroxyl groups is 1. The van der Waals surface area contributed by atoms with Crippen LogP contribution in [0.3, 0.4) is 0 Å². The molecular formula is C14H17F3N2O2. The second kappa shape index (κ2) is 6.03. The summed E-state index contributed by atoms with van der Waals surface area (Å²) in [6.07, 6.45) is 1.08. The normalized spacial score (nSPS) is 18.5. The van der Waals surface area contributed by atoms with Crippen LogP contribution in [0.15, 0.2) is 12.1 Å². The Morgan fingerprint density at radius 2 is 1.90 bits per heavy atom. The minimum atomic E-state index is -1.61. The molecule has 0 aliphatic carbocycles. The summed E-state index contributed by atoms with van der Waals surface area (Å²) in [6, 6.07) is 1.73. The molecule has 1 aromatic rings. The molecule has 1 fully saturated rings. The van der Waals surface area contributed by atoms with Gasteiger partial charge in [0, 0.05) is 13.1 Å². The SMILES string of the molecule is CC1(O)CCN(CC(=O)Nc2ccc(F)c(F)c2F)CC1. The van der Waals surface area contributed by atoms with Gasteiger partial charge in [0.15, 0.2) is 17.5 Å². The molecule has 1 amide bonds. The number of carbonyl (C=O) groups is 1. The maximum Gasteiger partial charge on any atom is 0.238 e. The number of rotatable bonds is 3. The third-order valence-corrected chi connectivity index (χ3v) is 3.61. The van der Waals surface area contributed by atoms with Crippen LogP contribution in [0, 0.1) is 17.5 Å². The van der Waals surface area contributed by atoms with Crippen molar-refractivity contribution in [3.8, 4) is 0 Å². The van der Waals surface area contributed by atoms with Crippen LogP contribution < -0.4 is 5.32 Å². The Labute approximate surface area is 120 Å². The molecule has 1 aliphatic heterocycles. The van der Waals surface area contributed by atoms with Crippen LogP contribution in [0.2, 0.25) is 0 Å². The highest BCUT2D eigenvalue weighted by Gasteiger charge is 2.28. The van der Waals surface area contributed by atoms with Crippen molar-refractivity contribution in [2.45, 2.75) is 25.4 Å². The number of hydrogen-bond acceptors (Lipinski definition) is 3. The van der Waals surface area contributed by atoms with E-state index in [2.05, 4.69) is 5.32 Å². The molecule has 7 heteroatoms. The van der Waals surface area contributed by atoms with E-state index in [1.807, 2.05) is 4.90 Å². The predicted octanol–water partition coefficient (Wildman–Crippen LogP) is 1.89. The molecule has 0 aromatic heterocycles. The minimum Gasteiger partial charge on any atom is -0.390 e. The Hall–Kier alpha value is -1.60. The molecule has 0 saturated carbocycles. The molecule has 1 aliphatic rings. The maximum absolute atomic E-state index is 13.4. The molecule has 1 aromatic carbocycles. The third-order valence-electron chi connectivity index (χ3n) is 3.61. The number of carbonyl (C=O) groups excluding carboxylic acids is 1. The van der Waals surface area contributed by atoms with Crippen molar-refractivity contribution >= 4 is 11.6 Å². The summed E-state index contributed by atoms with van der Waals surface area (Å²) >= 11 is 0. The maximum atomic E-state index is 13.4. The minimum absolute atomic E-state index is 0.00845. The van der Waals surface area contributed by atoms with Crippen LogP contribution in [0.5, 0.6) is 0 Å². The molecule has 0 unspecified atom stereocenters. The van der Waals surface area contributed by atoms with Gasteiger partial charge < -0.3 is 10.4 Å². The topological polar surface area (TPSA) is 52.6 Å². The fourth-order valence-electron chi connectivity index (χ4n) is 2.21. The lowest BCUT2D eigenvalue weighted by atomic mass is 9.94. The first-order chi connectivity index (χ1) is 9.78. The van der Waals surface area contributed by atoms with Crippen LogP contribution in [0.1, 0.15) is 19.8 Å². The molecule has 4 nitrogen and oxygen atoms in total. The van der Waals surface area contributed by atoms with E-state index in [0.29, 0.717) is 25.9 Å². The number of piperidine rings is 1. The van der Waals surface area contributed by atoms with Crippen molar-refractivity contribution in [1.29, 1.82) is 0 Å². The largest absolute Gasteiger partial charge is 0.390 e. The van der Waals surface area contributed by atoms with Crippen molar-refractivity contribution in [3.63, 3.8) is 0 Å². The molecule has 21 heavy (non-hydrogen) atoms. The first-order valence-electron chi connectivity index (χ1n) is 6.66. The molecule has 2 rings (SSSR count). The van der Waals surface area contributed by atoms with E-state index in [-0.39, 0.29) is 12.2 Å². The number of benzene rings is 1. The highest BCUT2D eigenvalue weighted by atomic mass is 19.2. The van der Waals surface area contributed by atoms with Gasteiger partial charge in [-0.25, -0.2) is 13.2 Å². The summed E-state index contributed by atoms with van der Waals surface area (Å²) < 4.78 is 39.3. The fraction of sp³-hybridized carbons (Fsp3) is 0.500. The van der Waals surface area contributed by atoms with Gasteiger partial charge in [-0.3, -0.25) is 9.69 Å². The van der Waals surface area contributed by atoms with E-state index in [9.17, 15) is 23.1 Å². The summed E-state index contributed by atoms with van der Waals surface area (Å²) in [5.74, 6) is -4.84. The van der Waals surface area contributed by atoms with Gasteiger partial charge in [0.25, 0.3) is 0 Å². The Morgan fingerprint density at radius 3 is 2.52 bits per heavy atom. The fourth-order valence-corrected chi connectivity index (χ4v) is 2.21. The average Bonchev–Trinajstić information content (AvgIpc) is 2.42. The Kier molecular flexibility index (Phi) is 4.53. The molecule has 0 bridgehead atoms. The first-order valence-corrected chi connectivity index (χ1v) is 6.66. The summed E-state index contributed by atoms with van der Waals surface area (Å²) in [5, 5.41) is 12.0. The summed E-state index contributed by atoms with van der Waals surface area (Å²) in [4.78, 5) is 13.6. The van der Waals surface area contributed by atoms with E-state index in [1.165, 1.54) is 0 Å². The number of halogens is 3. The average molecular weight is 302 g/mol. The van der Waals surface area contributed by atoms with Gasteiger partial charge in [0.05, 0.1) is 17.8 Å². The Morgan fingerprint density at radius 1 is 1.29 bits per heavy atom. The van der Waals surface area contributed by atoms with Crippen molar-refractivity contribution in [1.82, 2.24) is 4.90 Å². The van der Waals surface area contributed by atoms with Gasteiger partial charge in [0.2, 0.25) is 5.91 Å². The van der Waals surface area contributed by atoms with E-state index < -0.39 is 29.0 Å². The van der Waals surface area contributed by atoms with E-state index in [4.69, 9.17) is 0 Å². The zero-order valence-electron chi connectivity index (χ0n) is 11.6.